The predicted octanol–water partition coefficient (Wildman–Crippen LogP) is 3.21. The minimum atomic E-state index is -1.75. The van der Waals surface area contributed by atoms with Gasteiger partial charge in [-0.05, 0) is 55.3 Å². The van der Waals surface area contributed by atoms with Crippen LogP contribution >= 0.6 is 0 Å². The first kappa shape index (κ1) is 59.3. The number of nitrogens with zero attached hydrogens (tertiary/aromatic N) is 3. The third kappa shape index (κ3) is 37.6. The van der Waals surface area contributed by atoms with Gasteiger partial charge in [0.15, 0.2) is 17.8 Å². The van der Waals surface area contributed by atoms with Gasteiger partial charge >= 0.3 is 49.4 Å². The summed E-state index contributed by atoms with van der Waals surface area (Å²) in [5.74, 6) is 1.76. The Bertz CT molecular complexity index is 1490. The number of carbonyl (C=O) groups excluding carboxylic acids is 2. The van der Waals surface area contributed by atoms with E-state index in [2.05, 4.69) is 36.4 Å². The summed E-state index contributed by atoms with van der Waals surface area (Å²) in [4.78, 5) is 50.9. The normalized spacial score (nSPS) is 13.3. The molecule has 0 saturated carbocycles. The van der Waals surface area contributed by atoms with Crippen LogP contribution in [0.5, 0.6) is 11.5 Å². The van der Waals surface area contributed by atoms with E-state index in [1.165, 1.54) is 18.2 Å². The first-order chi connectivity index (χ1) is 27.0. The first-order valence-corrected chi connectivity index (χ1v) is 17.2. The summed E-state index contributed by atoms with van der Waals surface area (Å²) in [7, 11) is 4.66. The second-order valence-corrected chi connectivity index (χ2v) is 10.7. The summed E-state index contributed by atoms with van der Waals surface area (Å²) in [6.45, 7) is 9.11. The number of allylic oxidation sites excluding steroid dienone is 8. The monoisotopic (exact) mass is 960 g/mol. The number of hydrogen-bond donors (Lipinski definition) is 3. The third-order valence-electron chi connectivity index (χ3n) is 6.46. The summed E-state index contributed by atoms with van der Waals surface area (Å²) in [5, 5.41) is 62.0. The van der Waals surface area contributed by atoms with Gasteiger partial charge in [-0.15, -0.1) is 0 Å². The Morgan fingerprint density at radius 1 is 0.655 bits per heavy atom. The van der Waals surface area contributed by atoms with Gasteiger partial charge in [0, 0.05) is 60.8 Å². The summed E-state index contributed by atoms with van der Waals surface area (Å²) >= 11 is 0. The van der Waals surface area contributed by atoms with E-state index in [1.54, 1.807) is 76.4 Å². The van der Waals surface area contributed by atoms with Gasteiger partial charge in [0.25, 0.3) is 0 Å². The molecule has 0 fully saturated rings. The van der Waals surface area contributed by atoms with Crippen molar-refractivity contribution in [1.82, 2.24) is 10.6 Å². The van der Waals surface area contributed by atoms with Crippen molar-refractivity contribution < 1.29 is 98.5 Å². The average Bonchev–Trinajstić information content (AvgIpc) is 3.15. The molecule has 322 valence electrons. The van der Waals surface area contributed by atoms with Crippen LogP contribution in [0.3, 0.4) is 0 Å². The van der Waals surface area contributed by atoms with E-state index in [1.807, 2.05) is 0 Å². The summed E-state index contributed by atoms with van der Waals surface area (Å²) in [5.41, 5.74) is 2.02. The molecule has 0 atom stereocenters. The molecule has 3 N–H and O–H groups in total. The van der Waals surface area contributed by atoms with Crippen molar-refractivity contribution in [3.63, 3.8) is 0 Å². The van der Waals surface area contributed by atoms with Crippen LogP contribution in [0.1, 0.15) is 64.9 Å². The summed E-state index contributed by atoms with van der Waals surface area (Å²) in [6.07, 6.45) is 22.1. The zero-order valence-corrected chi connectivity index (χ0v) is 35.6. The van der Waals surface area contributed by atoms with Gasteiger partial charge in [-0.25, -0.2) is 4.99 Å². The molecule has 0 spiro atoms. The average molecular weight is 960 g/mol. The molecule has 1 aromatic rings. The van der Waals surface area contributed by atoms with Crippen LogP contribution < -0.4 is 25.5 Å². The number of unbranched alkanes of at least 4 members (excludes halogenated alkanes) is 3. The van der Waals surface area contributed by atoms with Crippen molar-refractivity contribution in [2.24, 2.45) is 0 Å². The summed E-state index contributed by atoms with van der Waals surface area (Å²) in [6, 6.07) is 5.04. The number of methoxy groups -OCH3 is 3. The van der Waals surface area contributed by atoms with E-state index in [0.29, 0.717) is 34.0 Å². The van der Waals surface area contributed by atoms with E-state index >= 15 is 0 Å². The van der Waals surface area contributed by atoms with E-state index in [9.17, 15) is 14.7 Å². The molecular formula is C36H51EuN6O15. The van der Waals surface area contributed by atoms with Crippen molar-refractivity contribution in [3.05, 3.63) is 141 Å². The quantitative estimate of drug-likeness (QED) is 0.0747. The van der Waals surface area contributed by atoms with E-state index in [4.69, 9.17) is 60.2 Å². The number of ketones is 2. The Balaban J connectivity index is -0.000000328. The zero-order valence-electron chi connectivity index (χ0n) is 33.1. The SMILES string of the molecule is CCCCN/C=C1/C=CC(OC)=CC1=O.CCCCN/C=C1/C=CC(OC)=CC1=O.CCCC[NH+]=Cc1ccc(OC)cc1[O-].O=[N+]([O-])[O-].O=[N+]([O-])[O-].O=[N+]([O-])[O-].[Eu+3]. The van der Waals surface area contributed by atoms with Crippen molar-refractivity contribution >= 4 is 17.8 Å². The van der Waals surface area contributed by atoms with E-state index < -0.39 is 15.3 Å². The van der Waals surface area contributed by atoms with Crippen LogP contribution in [0, 0.1) is 95.3 Å². The van der Waals surface area contributed by atoms with E-state index in [-0.39, 0.29) is 66.7 Å². The molecular weight excluding hydrogens is 908 g/mol. The molecule has 0 aromatic heterocycles. The molecule has 0 unspecified atom stereocenters. The Kier molecular flexibility index (Phi) is 40.8. The molecule has 0 saturated heterocycles. The number of nitrogens with one attached hydrogen (secondary N) is 3. The van der Waals surface area contributed by atoms with Crippen molar-refractivity contribution in [2.45, 2.75) is 59.3 Å². The standard InChI is InChI=1S/3C12H17NO2.Eu.3NO3/c3*1-3-4-7-13-9-10-5-6-11(15-2)8-12(10)14;;3*2-1(3)4/h5-6,8-9,14H,3-4,7H2,1-2H3;2*5-6,8-9,13H,3-4,7H2,1-2H3;;;;/q;;;+3;3*-1/b;2*10-9-;;;;. The molecule has 0 aliphatic heterocycles. The topological polar surface area (TPSA) is 322 Å². The number of benzene rings is 1. The first-order valence-electron chi connectivity index (χ1n) is 17.2. The molecule has 1 aromatic carbocycles. The Labute approximate surface area is 377 Å². The van der Waals surface area contributed by atoms with Gasteiger partial charge < -0.3 is 75.9 Å². The Hall–Kier alpha value is -5.35. The molecule has 3 rings (SSSR count). The predicted molar refractivity (Wildman–Crippen MR) is 210 cm³/mol. The smallest absolute Gasteiger partial charge is 0.872 e. The molecule has 2 aliphatic rings. The van der Waals surface area contributed by atoms with Crippen molar-refractivity contribution in [2.75, 3.05) is 41.0 Å². The van der Waals surface area contributed by atoms with Crippen LogP contribution in [0.2, 0.25) is 0 Å². The number of ether oxygens (including phenoxy) is 3. The number of hydrogen-bond acceptors (Lipinski definition) is 17. The maximum Gasteiger partial charge on any atom is 3.00 e. The number of rotatable bonds is 15. The molecule has 0 heterocycles. The fourth-order valence-electron chi connectivity index (χ4n) is 3.67. The minimum Gasteiger partial charge on any atom is -0.872 e. The van der Waals surface area contributed by atoms with Gasteiger partial charge in [-0.2, -0.15) is 0 Å². The second-order valence-electron chi connectivity index (χ2n) is 10.7. The van der Waals surface area contributed by atoms with Crippen LogP contribution in [-0.4, -0.2) is 74.0 Å². The van der Waals surface area contributed by atoms with Crippen LogP contribution in [-0.2, 0) is 19.1 Å². The third-order valence-corrected chi connectivity index (χ3v) is 6.46. The Morgan fingerprint density at radius 3 is 1.36 bits per heavy atom. The fourth-order valence-corrected chi connectivity index (χ4v) is 3.67. The maximum atomic E-state index is 11.5. The van der Waals surface area contributed by atoms with Gasteiger partial charge in [-0.3, -0.25) is 9.59 Å². The number of carbonyl (C=O) groups is 2. The minimum absolute atomic E-state index is 0. The molecule has 21 nitrogen and oxygen atoms in total. The molecule has 0 radical (unpaired) electrons. The summed E-state index contributed by atoms with van der Waals surface area (Å²) < 4.78 is 14.9. The largest absolute Gasteiger partial charge is 3.00 e. The van der Waals surface area contributed by atoms with E-state index in [0.717, 1.165) is 58.2 Å². The molecule has 2 aliphatic carbocycles. The fraction of sp³-hybridized carbons (Fsp3) is 0.417. The zero-order chi connectivity index (χ0) is 44.0. The van der Waals surface area contributed by atoms with Crippen LogP contribution in [0.4, 0.5) is 0 Å². The van der Waals surface area contributed by atoms with Gasteiger partial charge in [0.05, 0.1) is 36.6 Å². The second kappa shape index (κ2) is 39.9. The van der Waals surface area contributed by atoms with Crippen molar-refractivity contribution in [1.29, 1.82) is 0 Å². The van der Waals surface area contributed by atoms with Crippen LogP contribution in [0.15, 0.2) is 89.7 Å². The molecule has 22 heteroatoms. The van der Waals surface area contributed by atoms with Crippen molar-refractivity contribution in [3.8, 4) is 11.5 Å². The molecule has 58 heavy (non-hydrogen) atoms. The van der Waals surface area contributed by atoms with Gasteiger partial charge in [0.1, 0.15) is 23.8 Å². The molecule has 0 bridgehead atoms. The maximum absolute atomic E-state index is 11.5. The van der Waals surface area contributed by atoms with Gasteiger partial charge in [0.2, 0.25) is 0 Å². The Morgan fingerprint density at radius 2 is 1.05 bits per heavy atom. The van der Waals surface area contributed by atoms with Crippen LogP contribution in [0.25, 0.3) is 0 Å². The van der Waals surface area contributed by atoms with Gasteiger partial charge in [-0.1, -0.05) is 45.8 Å². The molecule has 0 amide bonds.